The molecule has 0 amide bonds. The first-order chi connectivity index (χ1) is 13.6. The molecule has 0 unspecified atom stereocenters. The van der Waals surface area contributed by atoms with E-state index in [-0.39, 0.29) is 11.4 Å². The minimum Gasteiger partial charge on any atom is -0.379 e. The van der Waals surface area contributed by atoms with E-state index in [0.29, 0.717) is 23.8 Å². The summed E-state index contributed by atoms with van der Waals surface area (Å²) in [6.45, 7) is 2.47. The van der Waals surface area contributed by atoms with E-state index < -0.39 is 0 Å². The summed E-state index contributed by atoms with van der Waals surface area (Å²) in [5.74, 6) is 0.651. The largest absolute Gasteiger partial charge is 0.379 e. The first-order valence-electron chi connectivity index (χ1n) is 9.20. The van der Waals surface area contributed by atoms with Gasteiger partial charge in [0.1, 0.15) is 5.82 Å². The molecule has 4 aromatic rings. The zero-order valence-corrected chi connectivity index (χ0v) is 15.4. The van der Waals surface area contributed by atoms with E-state index in [9.17, 15) is 9.18 Å². The van der Waals surface area contributed by atoms with Crippen molar-refractivity contribution in [3.63, 3.8) is 0 Å². The van der Waals surface area contributed by atoms with Crippen LogP contribution in [0.4, 0.5) is 10.1 Å². The zero-order valence-electron chi connectivity index (χ0n) is 15.4. The molecule has 0 saturated heterocycles. The van der Waals surface area contributed by atoms with Crippen molar-refractivity contribution in [1.29, 1.82) is 0 Å². The molecule has 0 fully saturated rings. The Hall–Kier alpha value is -3.48. The van der Waals surface area contributed by atoms with Crippen LogP contribution in [0.15, 0.2) is 59.4 Å². The van der Waals surface area contributed by atoms with Gasteiger partial charge in [0.2, 0.25) is 0 Å². The normalized spacial score (nSPS) is 11.1. The summed E-state index contributed by atoms with van der Waals surface area (Å²) in [5, 5.41) is 6.18. The molecule has 0 spiro atoms. The van der Waals surface area contributed by atoms with Crippen LogP contribution in [0.3, 0.4) is 0 Å². The Morgan fingerprint density at radius 2 is 1.89 bits per heavy atom. The fraction of sp³-hybridized carbons (Fsp3) is 0.190. The second-order valence-electron chi connectivity index (χ2n) is 6.56. The van der Waals surface area contributed by atoms with Crippen LogP contribution in [0.5, 0.6) is 0 Å². The number of hydrogen-bond donors (Lipinski definition) is 2. The van der Waals surface area contributed by atoms with Crippen molar-refractivity contribution in [3.05, 3.63) is 82.0 Å². The predicted molar refractivity (Wildman–Crippen MR) is 107 cm³/mol. The minimum absolute atomic E-state index is 0.229. The number of H-pyrrole nitrogens is 1. The Kier molecular flexibility index (Phi) is 4.89. The van der Waals surface area contributed by atoms with Crippen molar-refractivity contribution in [3.8, 4) is 11.4 Å². The first kappa shape index (κ1) is 17.9. The monoisotopic (exact) mass is 377 g/mol. The second kappa shape index (κ2) is 7.64. The van der Waals surface area contributed by atoms with E-state index in [0.717, 1.165) is 24.1 Å². The van der Waals surface area contributed by atoms with E-state index in [1.807, 2.05) is 18.2 Å². The van der Waals surface area contributed by atoms with Crippen LogP contribution in [-0.4, -0.2) is 19.6 Å². The molecule has 28 heavy (non-hydrogen) atoms. The van der Waals surface area contributed by atoms with E-state index in [4.69, 9.17) is 0 Å². The number of anilines is 1. The van der Waals surface area contributed by atoms with Crippen LogP contribution >= 0.6 is 0 Å². The molecule has 0 aliphatic heterocycles. The Morgan fingerprint density at radius 3 is 2.68 bits per heavy atom. The van der Waals surface area contributed by atoms with Crippen molar-refractivity contribution < 1.29 is 4.39 Å². The number of aromatic amines is 1. The van der Waals surface area contributed by atoms with Gasteiger partial charge in [-0.05, 0) is 36.2 Å². The summed E-state index contributed by atoms with van der Waals surface area (Å²) in [5.41, 5.74) is 3.23. The number of nitrogens with zero attached hydrogens (tertiary/aromatic N) is 3. The van der Waals surface area contributed by atoms with Gasteiger partial charge in [0.05, 0.1) is 12.2 Å². The third-order valence-corrected chi connectivity index (χ3v) is 4.49. The van der Waals surface area contributed by atoms with Gasteiger partial charge >= 0.3 is 0 Å². The highest BCUT2D eigenvalue weighted by Gasteiger charge is 2.12. The third kappa shape index (κ3) is 3.64. The van der Waals surface area contributed by atoms with E-state index in [1.165, 1.54) is 28.3 Å². The highest BCUT2D eigenvalue weighted by Crippen LogP contribution is 2.21. The molecule has 2 aromatic carbocycles. The van der Waals surface area contributed by atoms with Gasteiger partial charge in [-0.1, -0.05) is 37.6 Å². The number of aryl methyl sites for hydroxylation is 1. The van der Waals surface area contributed by atoms with Crippen LogP contribution in [0.1, 0.15) is 24.6 Å². The van der Waals surface area contributed by atoms with Crippen LogP contribution in [0, 0.1) is 5.82 Å². The number of nitrogens with one attached hydrogen (secondary N) is 2. The topological polar surface area (TPSA) is 75.1 Å². The molecule has 7 heteroatoms. The number of hydrogen-bond acceptors (Lipinski definition) is 4. The number of halogens is 1. The molecule has 0 bridgehead atoms. The molecule has 0 aliphatic carbocycles. The molecule has 0 atom stereocenters. The third-order valence-electron chi connectivity index (χ3n) is 4.49. The molecule has 2 aromatic heterocycles. The summed E-state index contributed by atoms with van der Waals surface area (Å²) < 4.78 is 14.3. The Morgan fingerprint density at radius 1 is 1.11 bits per heavy atom. The summed E-state index contributed by atoms with van der Waals surface area (Å²) in [4.78, 5) is 21.5. The number of rotatable bonds is 6. The van der Waals surface area contributed by atoms with Crippen LogP contribution in [-0.2, 0) is 13.0 Å². The maximum atomic E-state index is 13.0. The van der Waals surface area contributed by atoms with E-state index in [2.05, 4.69) is 33.4 Å². The lowest BCUT2D eigenvalue weighted by molar-refractivity contribution is 0.628. The quantitative estimate of drug-likeness (QED) is 0.536. The Balaban J connectivity index is 1.64. The standard InChI is InChI=1S/C21H20FN5O/c1-2-5-14-6-3-4-7-18(14)20-25-21-24-17(12-19(28)27(21)26-20)13-23-16-10-8-15(22)9-11-16/h3-4,6-12,23H,2,5,13H2,1H3,(H,24,25,26). The van der Waals surface area contributed by atoms with Gasteiger partial charge in [-0.3, -0.25) is 9.89 Å². The molecular weight excluding hydrogens is 357 g/mol. The van der Waals surface area contributed by atoms with E-state index in [1.54, 1.807) is 12.1 Å². The van der Waals surface area contributed by atoms with Gasteiger partial charge in [0.25, 0.3) is 11.3 Å². The van der Waals surface area contributed by atoms with Crippen molar-refractivity contribution >= 4 is 11.5 Å². The van der Waals surface area contributed by atoms with Gasteiger partial charge in [0, 0.05) is 17.3 Å². The molecule has 0 saturated carbocycles. The molecule has 142 valence electrons. The van der Waals surface area contributed by atoms with Crippen molar-refractivity contribution in [2.24, 2.45) is 0 Å². The first-order valence-corrected chi connectivity index (χ1v) is 9.20. The lowest BCUT2D eigenvalue weighted by atomic mass is 10.0. The molecule has 6 nitrogen and oxygen atoms in total. The van der Waals surface area contributed by atoms with Gasteiger partial charge in [-0.15, -0.1) is 0 Å². The molecule has 2 N–H and O–H groups in total. The van der Waals surface area contributed by atoms with Crippen molar-refractivity contribution in [2.45, 2.75) is 26.3 Å². The van der Waals surface area contributed by atoms with Gasteiger partial charge < -0.3 is 5.32 Å². The van der Waals surface area contributed by atoms with Crippen LogP contribution in [0.2, 0.25) is 0 Å². The highest BCUT2D eigenvalue weighted by molar-refractivity contribution is 5.61. The zero-order chi connectivity index (χ0) is 19.5. The fourth-order valence-electron chi connectivity index (χ4n) is 3.14. The summed E-state index contributed by atoms with van der Waals surface area (Å²) in [6, 6.07) is 15.5. The molecule has 0 radical (unpaired) electrons. The molecule has 2 heterocycles. The Labute approximate surface area is 161 Å². The smallest absolute Gasteiger partial charge is 0.274 e. The highest BCUT2D eigenvalue weighted by atomic mass is 19.1. The molecule has 4 rings (SSSR count). The van der Waals surface area contributed by atoms with Crippen LogP contribution < -0.4 is 10.9 Å². The second-order valence-corrected chi connectivity index (χ2v) is 6.56. The number of fused-ring (bicyclic) bond motifs is 1. The summed E-state index contributed by atoms with van der Waals surface area (Å²) in [6.07, 6.45) is 1.96. The molecule has 0 aliphatic rings. The van der Waals surface area contributed by atoms with Crippen molar-refractivity contribution in [2.75, 3.05) is 5.32 Å². The minimum atomic E-state index is -0.296. The van der Waals surface area contributed by atoms with Gasteiger partial charge in [-0.2, -0.15) is 9.50 Å². The fourth-order valence-corrected chi connectivity index (χ4v) is 3.14. The maximum Gasteiger partial charge on any atom is 0.274 e. The lowest BCUT2D eigenvalue weighted by Crippen LogP contribution is -2.17. The van der Waals surface area contributed by atoms with Gasteiger partial charge in [-0.25, -0.2) is 9.37 Å². The van der Waals surface area contributed by atoms with Gasteiger partial charge in [0.15, 0.2) is 5.82 Å². The number of aromatic nitrogens is 4. The average Bonchev–Trinajstić information content (AvgIpc) is 3.13. The summed E-state index contributed by atoms with van der Waals surface area (Å²) >= 11 is 0. The van der Waals surface area contributed by atoms with Crippen molar-refractivity contribution in [1.82, 2.24) is 19.6 Å². The SMILES string of the molecule is CCCc1ccccc1-c1nc2nc(CNc3ccc(F)cc3)cc(=O)n2[nH]1. The number of benzene rings is 2. The lowest BCUT2D eigenvalue weighted by Gasteiger charge is -2.05. The summed E-state index contributed by atoms with van der Waals surface area (Å²) in [7, 11) is 0. The predicted octanol–water partition coefficient (Wildman–Crippen LogP) is 3.79. The average molecular weight is 377 g/mol. The van der Waals surface area contributed by atoms with E-state index >= 15 is 0 Å². The molecular formula is C21H20FN5O. The van der Waals surface area contributed by atoms with Crippen LogP contribution in [0.25, 0.3) is 17.2 Å². The Bertz CT molecular complexity index is 1160. The maximum absolute atomic E-state index is 13.0.